The molecule has 1 aliphatic carbocycles. The van der Waals surface area contributed by atoms with Crippen LogP contribution < -0.4 is 5.73 Å². The minimum Gasteiger partial charge on any atom is -0.478 e. The molecule has 1 rings (SSSR count). The van der Waals surface area contributed by atoms with Crippen molar-refractivity contribution in [3.8, 4) is 0 Å². The lowest BCUT2D eigenvalue weighted by Crippen LogP contribution is -2.23. The Bertz CT molecular complexity index is 277. The smallest absolute Gasteiger partial charge is 0.335 e. The van der Waals surface area contributed by atoms with Crippen LogP contribution in [0.15, 0.2) is 23.8 Å². The molecule has 0 spiro atoms. The summed E-state index contributed by atoms with van der Waals surface area (Å²) >= 11 is 0. The fourth-order valence-electron chi connectivity index (χ4n) is 1.56. The number of allylic oxidation sites excluding steroid dienone is 1. The zero-order valence-corrected chi connectivity index (χ0v) is 7.95. The number of carbonyl (C=O) groups is 1. The summed E-state index contributed by atoms with van der Waals surface area (Å²) in [6, 6.07) is -0.0527. The number of carboxylic acids is 1. The number of rotatable bonds is 1. The number of aliphatic carboxylic acids is 1. The summed E-state index contributed by atoms with van der Waals surface area (Å²) in [5.41, 5.74) is 5.95. The van der Waals surface area contributed by atoms with Crippen LogP contribution in [0.2, 0.25) is 0 Å². The van der Waals surface area contributed by atoms with E-state index in [1.165, 1.54) is 0 Å². The maximum absolute atomic E-state index is 10.7. The zero-order chi connectivity index (χ0) is 10.1. The van der Waals surface area contributed by atoms with Gasteiger partial charge < -0.3 is 10.8 Å². The molecular formula is C10H15NO2. The van der Waals surface area contributed by atoms with E-state index in [0.29, 0.717) is 5.57 Å². The van der Waals surface area contributed by atoms with E-state index in [2.05, 4.69) is 0 Å². The second-order valence-corrected chi connectivity index (χ2v) is 4.12. The number of nitrogens with two attached hydrogens (primary N) is 1. The molecule has 0 heterocycles. The Morgan fingerprint density at radius 1 is 1.69 bits per heavy atom. The van der Waals surface area contributed by atoms with E-state index in [9.17, 15) is 4.79 Å². The van der Waals surface area contributed by atoms with Gasteiger partial charge in [0.1, 0.15) is 0 Å². The van der Waals surface area contributed by atoms with Crippen molar-refractivity contribution in [1.82, 2.24) is 0 Å². The van der Waals surface area contributed by atoms with Gasteiger partial charge in [-0.25, -0.2) is 4.79 Å². The monoisotopic (exact) mass is 181 g/mol. The van der Waals surface area contributed by atoms with Gasteiger partial charge in [0.25, 0.3) is 0 Å². The third-order valence-electron chi connectivity index (χ3n) is 2.08. The van der Waals surface area contributed by atoms with Gasteiger partial charge in [0.2, 0.25) is 0 Å². The van der Waals surface area contributed by atoms with E-state index >= 15 is 0 Å². The number of hydrogen-bond acceptors (Lipinski definition) is 2. The largest absolute Gasteiger partial charge is 0.478 e. The summed E-state index contributed by atoms with van der Waals surface area (Å²) in [6.45, 7) is 3.98. The van der Waals surface area contributed by atoms with Gasteiger partial charge in [-0.05, 0) is 11.8 Å². The lowest BCUT2D eigenvalue weighted by molar-refractivity contribution is -0.132. The quantitative estimate of drug-likeness (QED) is 0.641. The Hall–Kier alpha value is -1.09. The van der Waals surface area contributed by atoms with Gasteiger partial charge in [-0.3, -0.25) is 0 Å². The average Bonchev–Trinajstić information content (AvgIpc) is 2.07. The number of carboxylic acid groups (broad SMARTS) is 1. The number of hydrogen-bond donors (Lipinski definition) is 2. The van der Waals surface area contributed by atoms with Crippen LogP contribution in [0.3, 0.4) is 0 Å². The summed E-state index contributed by atoms with van der Waals surface area (Å²) in [6.07, 6.45) is 5.87. The molecule has 0 aliphatic heterocycles. The highest BCUT2D eigenvalue weighted by Gasteiger charge is 2.22. The SMILES string of the molecule is CC1(C)C=C(C(=O)O)C=CC(N)C1. The van der Waals surface area contributed by atoms with Gasteiger partial charge in [0.15, 0.2) is 0 Å². The predicted octanol–water partition coefficient (Wildman–Crippen LogP) is 1.31. The fourth-order valence-corrected chi connectivity index (χ4v) is 1.56. The van der Waals surface area contributed by atoms with Crippen LogP contribution >= 0.6 is 0 Å². The lowest BCUT2D eigenvalue weighted by atomic mass is 9.86. The fraction of sp³-hybridized carbons (Fsp3) is 0.500. The van der Waals surface area contributed by atoms with Crippen molar-refractivity contribution in [2.45, 2.75) is 26.3 Å². The zero-order valence-electron chi connectivity index (χ0n) is 7.95. The standard InChI is InChI=1S/C10H15NO2/c1-10(2)5-7(9(12)13)3-4-8(11)6-10/h3-5,8H,6,11H2,1-2H3,(H,12,13). The molecule has 3 heteroatoms. The Morgan fingerprint density at radius 2 is 2.31 bits per heavy atom. The van der Waals surface area contributed by atoms with Crippen molar-refractivity contribution in [3.05, 3.63) is 23.8 Å². The van der Waals surface area contributed by atoms with Gasteiger partial charge in [-0.15, -0.1) is 0 Å². The van der Waals surface area contributed by atoms with Crippen molar-refractivity contribution in [2.24, 2.45) is 11.1 Å². The molecule has 1 aliphatic rings. The first-order valence-corrected chi connectivity index (χ1v) is 4.31. The molecule has 0 aromatic carbocycles. The highest BCUT2D eigenvalue weighted by atomic mass is 16.4. The van der Waals surface area contributed by atoms with Crippen molar-refractivity contribution in [3.63, 3.8) is 0 Å². The minimum atomic E-state index is -0.890. The van der Waals surface area contributed by atoms with Gasteiger partial charge in [-0.2, -0.15) is 0 Å². The van der Waals surface area contributed by atoms with Crippen LogP contribution in [-0.4, -0.2) is 17.1 Å². The van der Waals surface area contributed by atoms with Crippen molar-refractivity contribution in [1.29, 1.82) is 0 Å². The highest BCUT2D eigenvalue weighted by Crippen LogP contribution is 2.28. The molecular weight excluding hydrogens is 166 g/mol. The molecule has 0 saturated carbocycles. The summed E-state index contributed by atoms with van der Waals surface area (Å²) < 4.78 is 0. The van der Waals surface area contributed by atoms with E-state index < -0.39 is 5.97 Å². The van der Waals surface area contributed by atoms with E-state index in [0.717, 1.165) is 6.42 Å². The second-order valence-electron chi connectivity index (χ2n) is 4.12. The van der Waals surface area contributed by atoms with E-state index in [-0.39, 0.29) is 11.5 Å². The molecule has 0 aromatic rings. The van der Waals surface area contributed by atoms with Gasteiger partial charge in [0.05, 0.1) is 5.57 Å². The first-order chi connectivity index (χ1) is 5.91. The summed E-state index contributed by atoms with van der Waals surface area (Å²) in [7, 11) is 0. The Morgan fingerprint density at radius 3 is 2.85 bits per heavy atom. The molecule has 1 unspecified atom stereocenters. The van der Waals surface area contributed by atoms with Crippen molar-refractivity contribution in [2.75, 3.05) is 0 Å². The maximum Gasteiger partial charge on any atom is 0.335 e. The van der Waals surface area contributed by atoms with Crippen LogP contribution in [-0.2, 0) is 4.79 Å². The van der Waals surface area contributed by atoms with E-state index in [4.69, 9.17) is 10.8 Å². The molecule has 3 N–H and O–H groups in total. The van der Waals surface area contributed by atoms with Gasteiger partial charge in [0, 0.05) is 6.04 Å². The van der Waals surface area contributed by atoms with Gasteiger partial charge >= 0.3 is 5.97 Å². The summed E-state index contributed by atoms with van der Waals surface area (Å²) in [5, 5.41) is 8.82. The van der Waals surface area contributed by atoms with Crippen LogP contribution in [0.25, 0.3) is 0 Å². The molecule has 0 fully saturated rings. The predicted molar refractivity (Wildman–Crippen MR) is 51.2 cm³/mol. The van der Waals surface area contributed by atoms with Crippen molar-refractivity contribution >= 4 is 5.97 Å². The molecule has 0 radical (unpaired) electrons. The molecule has 0 amide bonds. The molecule has 0 aromatic heterocycles. The Labute approximate surface area is 77.9 Å². The van der Waals surface area contributed by atoms with Gasteiger partial charge in [-0.1, -0.05) is 32.1 Å². The minimum absolute atomic E-state index is 0.0527. The van der Waals surface area contributed by atoms with Crippen LogP contribution in [0.5, 0.6) is 0 Å². The molecule has 3 nitrogen and oxygen atoms in total. The van der Waals surface area contributed by atoms with Crippen LogP contribution in [0.4, 0.5) is 0 Å². The topological polar surface area (TPSA) is 63.3 Å². The Kier molecular flexibility index (Phi) is 2.57. The first kappa shape index (κ1) is 9.99. The molecule has 72 valence electrons. The third kappa shape index (κ3) is 2.70. The average molecular weight is 181 g/mol. The normalized spacial score (nSPS) is 26.4. The maximum atomic E-state index is 10.7. The van der Waals surface area contributed by atoms with E-state index in [1.807, 2.05) is 13.8 Å². The molecule has 0 bridgehead atoms. The summed E-state index contributed by atoms with van der Waals surface area (Å²) in [4.78, 5) is 10.7. The lowest BCUT2D eigenvalue weighted by Gasteiger charge is -2.21. The summed E-state index contributed by atoms with van der Waals surface area (Å²) in [5.74, 6) is -0.890. The van der Waals surface area contributed by atoms with E-state index in [1.54, 1.807) is 18.2 Å². The van der Waals surface area contributed by atoms with Crippen LogP contribution in [0.1, 0.15) is 20.3 Å². The molecule has 13 heavy (non-hydrogen) atoms. The first-order valence-electron chi connectivity index (χ1n) is 4.31. The second kappa shape index (κ2) is 3.34. The van der Waals surface area contributed by atoms with Crippen LogP contribution in [0, 0.1) is 5.41 Å². The third-order valence-corrected chi connectivity index (χ3v) is 2.08. The van der Waals surface area contributed by atoms with Crippen molar-refractivity contribution < 1.29 is 9.90 Å². The highest BCUT2D eigenvalue weighted by molar-refractivity contribution is 5.90. The molecule has 1 atom stereocenters. The Balaban J connectivity index is 2.99. The molecule has 0 saturated heterocycles.